The molecule has 0 unspecified atom stereocenters. The molecule has 2 aromatic heterocycles. The highest BCUT2D eigenvalue weighted by atomic mass is 19.1. The highest BCUT2D eigenvalue weighted by Gasteiger charge is 2.11. The number of fused-ring (bicyclic) bond motifs is 1. The van der Waals surface area contributed by atoms with Crippen molar-refractivity contribution in [2.75, 3.05) is 0 Å². The number of carbonyl (C=O) groups is 1. The zero-order valence-corrected chi connectivity index (χ0v) is 10.5. The molecule has 0 spiro atoms. The van der Waals surface area contributed by atoms with Crippen molar-refractivity contribution in [2.24, 2.45) is 0 Å². The van der Waals surface area contributed by atoms with Gasteiger partial charge in [-0.05, 0) is 6.07 Å². The Morgan fingerprint density at radius 2 is 2.20 bits per heavy atom. The number of halogens is 1. The number of nitrogens with one attached hydrogen (secondary N) is 1. The van der Waals surface area contributed by atoms with E-state index < -0.39 is 0 Å². The minimum atomic E-state index is -0.350. The van der Waals surface area contributed by atoms with Gasteiger partial charge in [0.05, 0.1) is 6.20 Å². The molecule has 6 heteroatoms. The first-order valence-corrected chi connectivity index (χ1v) is 6.04. The van der Waals surface area contributed by atoms with Crippen LogP contribution in [0, 0.1) is 5.82 Å². The molecule has 0 aliphatic carbocycles. The number of nitrogens with zero attached hydrogens (tertiary/aromatic N) is 3. The topological polar surface area (TPSA) is 59.3 Å². The predicted octanol–water partition coefficient (Wildman–Crippen LogP) is 1.80. The molecule has 0 saturated carbocycles. The Morgan fingerprint density at radius 1 is 1.35 bits per heavy atom. The van der Waals surface area contributed by atoms with Crippen LogP contribution in [0.25, 0.3) is 5.65 Å². The summed E-state index contributed by atoms with van der Waals surface area (Å²) in [6.45, 7) is 0.123. The van der Waals surface area contributed by atoms with Crippen molar-refractivity contribution >= 4 is 11.6 Å². The minimum absolute atomic E-state index is 0.123. The Balaban J connectivity index is 1.75. The fourth-order valence-corrected chi connectivity index (χ4v) is 1.86. The highest BCUT2D eigenvalue weighted by Crippen LogP contribution is 2.07. The quantitative estimate of drug-likeness (QED) is 0.789. The molecule has 3 rings (SSSR count). The van der Waals surface area contributed by atoms with Gasteiger partial charge in [-0.15, -0.1) is 0 Å². The summed E-state index contributed by atoms with van der Waals surface area (Å²) in [5.74, 6) is -0.691. The van der Waals surface area contributed by atoms with E-state index in [9.17, 15) is 9.18 Å². The average Bonchev–Trinajstić information content (AvgIpc) is 2.90. The highest BCUT2D eigenvalue weighted by molar-refractivity contribution is 5.92. The Bertz CT molecular complexity index is 735. The molecule has 20 heavy (non-hydrogen) atoms. The molecule has 0 fully saturated rings. The van der Waals surface area contributed by atoms with Crippen LogP contribution in [-0.2, 0) is 6.54 Å². The Kier molecular flexibility index (Phi) is 3.12. The van der Waals surface area contributed by atoms with Crippen LogP contribution in [0.1, 0.15) is 16.1 Å². The molecule has 100 valence electrons. The molecule has 0 saturated heterocycles. The second-order valence-corrected chi connectivity index (χ2v) is 4.24. The largest absolute Gasteiger partial charge is 0.346 e. The summed E-state index contributed by atoms with van der Waals surface area (Å²) in [6.07, 6.45) is 6.48. The number of benzene rings is 1. The van der Waals surface area contributed by atoms with Crippen LogP contribution in [0.15, 0.2) is 49.1 Å². The first kappa shape index (κ1) is 12.3. The standard InChI is InChI=1S/C14H11FN4O/c15-11-4-2-1-3-10(11)7-17-14(20)12-9-19-6-5-16-8-13(19)18-12/h1-6,8-9H,7H2,(H,17,20). The summed E-state index contributed by atoms with van der Waals surface area (Å²) >= 11 is 0. The van der Waals surface area contributed by atoms with E-state index in [-0.39, 0.29) is 24.0 Å². The molecule has 3 aromatic rings. The van der Waals surface area contributed by atoms with Crippen molar-refractivity contribution in [3.63, 3.8) is 0 Å². The molecule has 1 amide bonds. The van der Waals surface area contributed by atoms with E-state index >= 15 is 0 Å². The van der Waals surface area contributed by atoms with Crippen molar-refractivity contribution in [1.29, 1.82) is 0 Å². The van der Waals surface area contributed by atoms with Crippen molar-refractivity contribution in [2.45, 2.75) is 6.54 Å². The molecule has 1 N–H and O–H groups in total. The zero-order valence-electron chi connectivity index (χ0n) is 10.5. The van der Waals surface area contributed by atoms with Crippen LogP contribution < -0.4 is 5.32 Å². The monoisotopic (exact) mass is 270 g/mol. The summed E-state index contributed by atoms with van der Waals surface area (Å²) in [7, 11) is 0. The number of amides is 1. The van der Waals surface area contributed by atoms with Crippen LogP contribution in [0.4, 0.5) is 4.39 Å². The van der Waals surface area contributed by atoms with Crippen LogP contribution in [0.3, 0.4) is 0 Å². The Hall–Kier alpha value is -2.76. The maximum atomic E-state index is 13.4. The number of imidazole rings is 1. The third-order valence-corrected chi connectivity index (χ3v) is 2.89. The van der Waals surface area contributed by atoms with Crippen LogP contribution >= 0.6 is 0 Å². The van der Waals surface area contributed by atoms with E-state index in [1.165, 1.54) is 6.07 Å². The summed E-state index contributed by atoms with van der Waals surface area (Å²) in [4.78, 5) is 20.0. The van der Waals surface area contributed by atoms with Crippen molar-refractivity contribution in [3.8, 4) is 0 Å². The number of carbonyl (C=O) groups excluding carboxylic acids is 1. The third kappa shape index (κ3) is 2.35. The number of rotatable bonds is 3. The molecule has 0 aliphatic rings. The fourth-order valence-electron chi connectivity index (χ4n) is 1.86. The summed E-state index contributed by atoms with van der Waals surface area (Å²) in [5.41, 5.74) is 1.30. The average molecular weight is 270 g/mol. The van der Waals surface area contributed by atoms with Gasteiger partial charge in [0.15, 0.2) is 5.65 Å². The van der Waals surface area contributed by atoms with E-state index in [0.717, 1.165) is 0 Å². The molecule has 0 radical (unpaired) electrons. The minimum Gasteiger partial charge on any atom is -0.346 e. The molecule has 0 aliphatic heterocycles. The SMILES string of the molecule is O=C(NCc1ccccc1F)c1cn2ccncc2n1. The lowest BCUT2D eigenvalue weighted by atomic mass is 10.2. The lowest BCUT2D eigenvalue weighted by Crippen LogP contribution is -2.23. The lowest BCUT2D eigenvalue weighted by Gasteiger charge is -2.04. The Labute approximate surface area is 114 Å². The van der Waals surface area contributed by atoms with Crippen molar-refractivity contribution < 1.29 is 9.18 Å². The van der Waals surface area contributed by atoms with Crippen LogP contribution in [-0.4, -0.2) is 20.3 Å². The maximum absolute atomic E-state index is 13.4. The van der Waals surface area contributed by atoms with E-state index in [0.29, 0.717) is 11.2 Å². The fraction of sp³-hybridized carbons (Fsp3) is 0.0714. The number of hydrogen-bond acceptors (Lipinski definition) is 3. The first-order valence-electron chi connectivity index (χ1n) is 6.04. The van der Waals surface area contributed by atoms with Gasteiger partial charge < -0.3 is 9.72 Å². The van der Waals surface area contributed by atoms with Gasteiger partial charge in [0, 0.05) is 30.7 Å². The van der Waals surface area contributed by atoms with Crippen molar-refractivity contribution in [3.05, 3.63) is 66.1 Å². The van der Waals surface area contributed by atoms with E-state index in [1.807, 2.05) is 0 Å². The predicted molar refractivity (Wildman–Crippen MR) is 70.6 cm³/mol. The first-order chi connectivity index (χ1) is 9.74. The van der Waals surface area contributed by atoms with Gasteiger partial charge in [0.1, 0.15) is 11.5 Å². The second-order valence-electron chi connectivity index (χ2n) is 4.24. The lowest BCUT2D eigenvalue weighted by molar-refractivity contribution is 0.0946. The van der Waals surface area contributed by atoms with E-state index in [4.69, 9.17) is 0 Å². The third-order valence-electron chi connectivity index (χ3n) is 2.89. The molecule has 5 nitrogen and oxygen atoms in total. The van der Waals surface area contributed by atoms with Crippen LogP contribution in [0.2, 0.25) is 0 Å². The summed E-state index contributed by atoms with van der Waals surface area (Å²) in [6, 6.07) is 6.32. The number of aromatic nitrogens is 3. The van der Waals surface area contributed by atoms with E-state index in [2.05, 4.69) is 15.3 Å². The molecular weight excluding hydrogens is 259 g/mol. The van der Waals surface area contributed by atoms with Gasteiger partial charge in [-0.3, -0.25) is 9.78 Å². The zero-order chi connectivity index (χ0) is 13.9. The van der Waals surface area contributed by atoms with Gasteiger partial charge in [0.2, 0.25) is 0 Å². The normalized spacial score (nSPS) is 10.7. The maximum Gasteiger partial charge on any atom is 0.271 e. The molecular formula is C14H11FN4O. The Morgan fingerprint density at radius 3 is 3.00 bits per heavy atom. The van der Waals surface area contributed by atoms with Crippen molar-refractivity contribution in [1.82, 2.24) is 19.7 Å². The van der Waals surface area contributed by atoms with Crippen LogP contribution in [0.5, 0.6) is 0 Å². The van der Waals surface area contributed by atoms with Gasteiger partial charge in [-0.2, -0.15) is 0 Å². The smallest absolute Gasteiger partial charge is 0.271 e. The molecule has 0 bridgehead atoms. The molecule has 2 heterocycles. The molecule has 0 atom stereocenters. The second kappa shape index (κ2) is 5.08. The van der Waals surface area contributed by atoms with Gasteiger partial charge in [-0.1, -0.05) is 18.2 Å². The van der Waals surface area contributed by atoms with Gasteiger partial charge in [0.25, 0.3) is 5.91 Å². The van der Waals surface area contributed by atoms with Gasteiger partial charge in [-0.25, -0.2) is 9.37 Å². The summed E-state index contributed by atoms with van der Waals surface area (Å²) < 4.78 is 15.1. The molecule has 1 aromatic carbocycles. The summed E-state index contributed by atoms with van der Waals surface area (Å²) in [5, 5.41) is 2.64. The number of hydrogen-bond donors (Lipinski definition) is 1. The van der Waals surface area contributed by atoms with E-state index in [1.54, 1.807) is 47.4 Å². The van der Waals surface area contributed by atoms with Gasteiger partial charge >= 0.3 is 0 Å².